The molecule has 0 atom stereocenters. The molecule has 0 aromatic rings. The fourth-order valence-corrected chi connectivity index (χ4v) is 3.26. The number of hydrogen-bond donors (Lipinski definition) is 0. The summed E-state index contributed by atoms with van der Waals surface area (Å²) in [5, 5.41) is 0. The Balaban J connectivity index is 2.43. The third-order valence-electron chi connectivity index (χ3n) is 1.06. The first-order valence-electron chi connectivity index (χ1n) is 2.18. The summed E-state index contributed by atoms with van der Waals surface area (Å²) in [4.78, 5) is 0. The molecule has 1 aliphatic rings. The average Bonchev–Trinajstić information content (AvgIpc) is 1.61. The molecule has 0 aliphatic carbocycles. The van der Waals surface area contributed by atoms with Crippen molar-refractivity contribution in [2.24, 2.45) is 0 Å². The maximum atomic E-state index is 5.20. The smallest absolute Gasteiger partial charge is 0.342 e. The fourth-order valence-electron chi connectivity index (χ4n) is 0.363. The second kappa shape index (κ2) is 1.55. The first-order chi connectivity index (χ1) is 3.27. The zero-order chi connectivity index (χ0) is 5.33. The molecule has 0 bridgehead atoms. The zero-order valence-electron chi connectivity index (χ0n) is 4.31. The van der Waals surface area contributed by atoms with Crippen LogP contribution in [0.15, 0.2) is 12.3 Å². The Morgan fingerprint density at radius 3 is 2.29 bits per heavy atom. The molecular weight excluding hydrogens is 124 g/mol. The van der Waals surface area contributed by atoms with Gasteiger partial charge in [0.2, 0.25) is 0 Å². The molecular formula is C3H8O2Si2. The number of rotatable bonds is 1. The van der Waals surface area contributed by atoms with Crippen molar-refractivity contribution in [3.05, 3.63) is 12.3 Å². The Morgan fingerprint density at radius 1 is 1.71 bits per heavy atom. The molecule has 0 aromatic carbocycles. The van der Waals surface area contributed by atoms with Crippen LogP contribution in [0.4, 0.5) is 0 Å². The topological polar surface area (TPSA) is 18.5 Å². The highest BCUT2D eigenvalue weighted by Gasteiger charge is 2.34. The summed E-state index contributed by atoms with van der Waals surface area (Å²) >= 11 is 0. The highest BCUT2D eigenvalue weighted by Crippen LogP contribution is 2.14. The van der Waals surface area contributed by atoms with Crippen molar-refractivity contribution in [2.45, 2.75) is 6.55 Å². The van der Waals surface area contributed by atoms with Crippen molar-refractivity contribution in [3.63, 3.8) is 0 Å². The molecule has 4 heteroatoms. The van der Waals surface area contributed by atoms with Gasteiger partial charge in [0, 0.05) is 0 Å². The Labute approximate surface area is 46.4 Å². The van der Waals surface area contributed by atoms with Gasteiger partial charge in [0.15, 0.2) is 0 Å². The summed E-state index contributed by atoms with van der Waals surface area (Å²) in [5.74, 6) is 0. The first-order valence-corrected chi connectivity index (χ1v) is 5.73. The molecule has 1 rings (SSSR count). The lowest BCUT2D eigenvalue weighted by Gasteiger charge is -2.33. The lowest BCUT2D eigenvalue weighted by Crippen LogP contribution is -2.50. The minimum atomic E-state index is -1.65. The summed E-state index contributed by atoms with van der Waals surface area (Å²) in [5.41, 5.74) is 1.81. The van der Waals surface area contributed by atoms with E-state index in [1.807, 2.05) is 12.2 Å². The molecule has 0 aromatic heterocycles. The molecule has 1 aliphatic heterocycles. The minimum absolute atomic E-state index is 0.520. The van der Waals surface area contributed by atoms with Crippen molar-refractivity contribution in [1.29, 1.82) is 0 Å². The van der Waals surface area contributed by atoms with E-state index in [0.717, 1.165) is 0 Å². The van der Waals surface area contributed by atoms with E-state index in [-0.39, 0.29) is 0 Å². The van der Waals surface area contributed by atoms with Gasteiger partial charge in [0.25, 0.3) is 10.0 Å². The van der Waals surface area contributed by atoms with Gasteiger partial charge in [-0.2, -0.15) is 0 Å². The van der Waals surface area contributed by atoms with Crippen molar-refractivity contribution >= 4 is 18.6 Å². The van der Waals surface area contributed by atoms with Gasteiger partial charge >= 0.3 is 8.56 Å². The molecule has 1 fully saturated rings. The lowest BCUT2D eigenvalue weighted by atomic mass is 11.3. The molecule has 0 unspecified atom stereocenters. The lowest BCUT2D eigenvalue weighted by molar-refractivity contribution is 0.296. The largest absolute Gasteiger partial charge is 0.417 e. The van der Waals surface area contributed by atoms with Crippen molar-refractivity contribution in [2.75, 3.05) is 0 Å². The number of hydrogen-bond acceptors (Lipinski definition) is 2. The quantitative estimate of drug-likeness (QED) is 0.461. The van der Waals surface area contributed by atoms with E-state index in [2.05, 4.69) is 6.58 Å². The van der Waals surface area contributed by atoms with E-state index in [1.165, 1.54) is 0 Å². The average molecular weight is 132 g/mol. The van der Waals surface area contributed by atoms with Crippen LogP contribution in [0.2, 0.25) is 6.55 Å². The SMILES string of the molecule is C=C[Si]1(C)O[SiH2]O1. The maximum Gasteiger partial charge on any atom is 0.342 e. The van der Waals surface area contributed by atoms with E-state index < -0.39 is 18.6 Å². The van der Waals surface area contributed by atoms with Crippen molar-refractivity contribution in [1.82, 2.24) is 0 Å². The van der Waals surface area contributed by atoms with Gasteiger partial charge in [-0.1, -0.05) is 5.70 Å². The van der Waals surface area contributed by atoms with E-state index in [0.29, 0.717) is 0 Å². The van der Waals surface area contributed by atoms with Gasteiger partial charge in [0.1, 0.15) is 0 Å². The standard InChI is InChI=1S/C3H8O2Si2/c1-3-7(2)4-6-5-7/h3H,1,6H2,2H3. The molecule has 40 valence electrons. The Bertz CT molecular complexity index is 88.9. The summed E-state index contributed by atoms with van der Waals surface area (Å²) in [6.07, 6.45) is 0. The third kappa shape index (κ3) is 0.830. The predicted octanol–water partition coefficient (Wildman–Crippen LogP) is -0.171. The predicted molar refractivity (Wildman–Crippen MR) is 32.5 cm³/mol. The maximum absolute atomic E-state index is 5.20. The minimum Gasteiger partial charge on any atom is -0.417 e. The molecule has 0 amide bonds. The van der Waals surface area contributed by atoms with E-state index in [9.17, 15) is 0 Å². The third-order valence-corrected chi connectivity index (χ3v) is 7.33. The zero-order valence-corrected chi connectivity index (χ0v) is 6.72. The van der Waals surface area contributed by atoms with Crippen LogP contribution in [0.1, 0.15) is 0 Å². The van der Waals surface area contributed by atoms with Crippen LogP contribution in [0, 0.1) is 0 Å². The van der Waals surface area contributed by atoms with Crippen molar-refractivity contribution < 1.29 is 8.23 Å². The van der Waals surface area contributed by atoms with E-state index in [1.54, 1.807) is 0 Å². The van der Waals surface area contributed by atoms with Crippen LogP contribution >= 0.6 is 0 Å². The summed E-state index contributed by atoms with van der Waals surface area (Å²) in [7, 11) is -2.16. The van der Waals surface area contributed by atoms with Crippen LogP contribution in [-0.4, -0.2) is 18.6 Å². The molecule has 0 N–H and O–H groups in total. The van der Waals surface area contributed by atoms with Gasteiger partial charge in [-0.25, -0.2) is 0 Å². The van der Waals surface area contributed by atoms with Crippen molar-refractivity contribution in [3.8, 4) is 0 Å². The Morgan fingerprint density at radius 2 is 2.29 bits per heavy atom. The van der Waals surface area contributed by atoms with E-state index in [4.69, 9.17) is 8.23 Å². The van der Waals surface area contributed by atoms with Crippen LogP contribution in [0.3, 0.4) is 0 Å². The van der Waals surface area contributed by atoms with E-state index >= 15 is 0 Å². The van der Waals surface area contributed by atoms with Gasteiger partial charge in [0.05, 0.1) is 0 Å². The highest BCUT2D eigenvalue weighted by molar-refractivity contribution is 6.83. The van der Waals surface area contributed by atoms with Crippen LogP contribution < -0.4 is 0 Å². The normalized spacial score (nSPS) is 43.0. The Hall–Kier alpha value is 0.0938. The highest BCUT2D eigenvalue weighted by atomic mass is 28.5. The van der Waals surface area contributed by atoms with Gasteiger partial charge in [-0.3, -0.25) is 0 Å². The molecule has 2 nitrogen and oxygen atoms in total. The van der Waals surface area contributed by atoms with Crippen LogP contribution in [-0.2, 0) is 8.23 Å². The molecule has 0 spiro atoms. The molecule has 1 heterocycles. The molecule has 1 saturated heterocycles. The van der Waals surface area contributed by atoms with Gasteiger partial charge < -0.3 is 8.23 Å². The second-order valence-electron chi connectivity index (χ2n) is 1.63. The summed E-state index contributed by atoms with van der Waals surface area (Å²) in [6, 6.07) is 0. The van der Waals surface area contributed by atoms with Gasteiger partial charge in [-0.05, 0) is 6.55 Å². The summed E-state index contributed by atoms with van der Waals surface area (Å²) in [6.45, 7) is 5.58. The molecule has 0 saturated carbocycles. The monoisotopic (exact) mass is 132 g/mol. The molecule has 0 radical (unpaired) electrons. The summed E-state index contributed by atoms with van der Waals surface area (Å²) < 4.78 is 10.4. The Kier molecular flexibility index (Phi) is 1.16. The first kappa shape index (κ1) is 5.23. The molecule has 7 heavy (non-hydrogen) atoms. The van der Waals surface area contributed by atoms with Crippen LogP contribution in [0.25, 0.3) is 0 Å². The van der Waals surface area contributed by atoms with Crippen LogP contribution in [0.5, 0.6) is 0 Å². The second-order valence-corrected chi connectivity index (χ2v) is 6.61. The van der Waals surface area contributed by atoms with Gasteiger partial charge in [-0.15, -0.1) is 6.58 Å². The fraction of sp³-hybridized carbons (Fsp3) is 0.333.